The molecule has 1 fully saturated rings. The molecule has 0 saturated carbocycles. The zero-order valence-electron chi connectivity index (χ0n) is 11.7. The summed E-state index contributed by atoms with van der Waals surface area (Å²) in [4.78, 5) is 6.71. The van der Waals surface area contributed by atoms with Gasteiger partial charge in [0.15, 0.2) is 0 Å². The maximum atomic E-state index is 8.95. The third-order valence-electron chi connectivity index (χ3n) is 3.58. The number of aromatic nitrogens is 1. The highest BCUT2D eigenvalue weighted by Gasteiger charge is 2.23. The van der Waals surface area contributed by atoms with Gasteiger partial charge in [-0.1, -0.05) is 6.07 Å². The number of pyridine rings is 1. The summed E-state index contributed by atoms with van der Waals surface area (Å²) in [6.45, 7) is 5.95. The molecule has 3 rings (SSSR count). The van der Waals surface area contributed by atoms with Crippen molar-refractivity contribution in [3.05, 3.63) is 36.0 Å². The summed E-state index contributed by atoms with van der Waals surface area (Å²) in [5.41, 5.74) is 2.49. The van der Waals surface area contributed by atoms with E-state index in [4.69, 9.17) is 10.00 Å². The summed E-state index contributed by atoms with van der Waals surface area (Å²) in [6, 6.07) is 11.9. The van der Waals surface area contributed by atoms with Crippen molar-refractivity contribution in [1.29, 1.82) is 5.26 Å². The molecule has 0 unspecified atom stereocenters. The third-order valence-corrected chi connectivity index (χ3v) is 3.58. The van der Waals surface area contributed by atoms with Crippen molar-refractivity contribution < 1.29 is 4.74 Å². The molecule has 2 atom stereocenters. The van der Waals surface area contributed by atoms with Gasteiger partial charge in [-0.15, -0.1) is 0 Å². The van der Waals surface area contributed by atoms with Crippen molar-refractivity contribution >= 4 is 16.6 Å². The molecule has 0 bridgehead atoms. The number of nitriles is 1. The van der Waals surface area contributed by atoms with Crippen LogP contribution in [0.3, 0.4) is 0 Å². The number of morpholine rings is 1. The Labute approximate surface area is 118 Å². The molecule has 0 N–H and O–H groups in total. The number of benzene rings is 1. The third kappa shape index (κ3) is 2.33. The highest BCUT2D eigenvalue weighted by atomic mass is 16.5. The van der Waals surface area contributed by atoms with Crippen molar-refractivity contribution in [3.63, 3.8) is 0 Å². The normalized spacial score (nSPS) is 22.8. The summed E-state index contributed by atoms with van der Waals surface area (Å²) < 4.78 is 5.79. The number of fused-ring (bicyclic) bond motifs is 1. The van der Waals surface area contributed by atoms with Crippen LogP contribution in [0, 0.1) is 11.3 Å². The quantitative estimate of drug-likeness (QED) is 0.797. The van der Waals surface area contributed by atoms with Gasteiger partial charge < -0.3 is 9.64 Å². The number of rotatable bonds is 1. The first-order valence-electron chi connectivity index (χ1n) is 6.87. The molecule has 2 aromatic rings. The summed E-state index contributed by atoms with van der Waals surface area (Å²) in [7, 11) is 0. The van der Waals surface area contributed by atoms with Crippen molar-refractivity contribution in [3.8, 4) is 6.07 Å². The second-order valence-corrected chi connectivity index (χ2v) is 5.31. The molecule has 1 aromatic heterocycles. The van der Waals surface area contributed by atoms with Crippen LogP contribution in [0.4, 0.5) is 5.69 Å². The predicted molar refractivity (Wildman–Crippen MR) is 78.7 cm³/mol. The lowest BCUT2D eigenvalue weighted by molar-refractivity contribution is -0.00513. The Bertz CT molecular complexity index is 667. The summed E-state index contributed by atoms with van der Waals surface area (Å²) >= 11 is 0. The fraction of sp³-hybridized carbons (Fsp3) is 0.375. The topological polar surface area (TPSA) is 49.2 Å². The first-order valence-corrected chi connectivity index (χ1v) is 6.87. The molecule has 0 radical (unpaired) electrons. The maximum absolute atomic E-state index is 8.95. The van der Waals surface area contributed by atoms with Crippen molar-refractivity contribution in [1.82, 2.24) is 4.98 Å². The van der Waals surface area contributed by atoms with Gasteiger partial charge in [0.25, 0.3) is 0 Å². The average molecular weight is 267 g/mol. The lowest BCUT2D eigenvalue weighted by atomic mass is 10.1. The average Bonchev–Trinajstić information content (AvgIpc) is 2.45. The fourth-order valence-electron chi connectivity index (χ4n) is 2.85. The van der Waals surface area contributed by atoms with Crippen LogP contribution in [0.2, 0.25) is 0 Å². The molecular formula is C16H17N3O. The zero-order chi connectivity index (χ0) is 14.1. The predicted octanol–water partition coefficient (Wildman–Crippen LogP) is 2.72. The molecule has 0 amide bonds. The van der Waals surface area contributed by atoms with E-state index in [1.54, 1.807) is 6.07 Å². The van der Waals surface area contributed by atoms with Gasteiger partial charge in [-0.3, -0.25) is 0 Å². The van der Waals surface area contributed by atoms with Crippen LogP contribution in [0.5, 0.6) is 0 Å². The fourth-order valence-corrected chi connectivity index (χ4v) is 2.85. The molecule has 1 aromatic carbocycles. The largest absolute Gasteiger partial charge is 0.372 e. The minimum Gasteiger partial charge on any atom is -0.372 e. The monoisotopic (exact) mass is 267 g/mol. The maximum Gasteiger partial charge on any atom is 0.141 e. The number of hydrogen-bond acceptors (Lipinski definition) is 4. The van der Waals surface area contributed by atoms with Gasteiger partial charge in [0.05, 0.1) is 17.7 Å². The summed E-state index contributed by atoms with van der Waals surface area (Å²) in [6.07, 6.45) is 0.445. The number of hydrogen-bond donors (Lipinski definition) is 0. The summed E-state index contributed by atoms with van der Waals surface area (Å²) in [5, 5.41) is 10.0. The van der Waals surface area contributed by atoms with E-state index < -0.39 is 0 Å². The van der Waals surface area contributed by atoms with Crippen LogP contribution in [0.1, 0.15) is 19.5 Å². The van der Waals surface area contributed by atoms with Gasteiger partial charge in [0.1, 0.15) is 11.8 Å². The van der Waals surface area contributed by atoms with E-state index in [-0.39, 0.29) is 12.2 Å². The zero-order valence-corrected chi connectivity index (χ0v) is 11.7. The van der Waals surface area contributed by atoms with Crippen LogP contribution < -0.4 is 4.90 Å². The number of nitrogens with zero attached hydrogens (tertiary/aromatic N) is 3. The molecule has 4 nitrogen and oxygen atoms in total. The highest BCUT2D eigenvalue weighted by molar-refractivity contribution is 5.92. The molecule has 4 heteroatoms. The van der Waals surface area contributed by atoms with E-state index in [0.717, 1.165) is 24.0 Å². The molecule has 2 heterocycles. The molecule has 20 heavy (non-hydrogen) atoms. The Balaban J connectivity index is 2.05. The molecule has 0 aliphatic carbocycles. The Morgan fingerprint density at radius 3 is 2.65 bits per heavy atom. The minimum atomic E-state index is 0.223. The molecule has 1 aliphatic rings. The Morgan fingerprint density at radius 1 is 1.20 bits per heavy atom. The molecule has 1 saturated heterocycles. The van der Waals surface area contributed by atoms with Gasteiger partial charge in [-0.05, 0) is 38.1 Å². The minimum absolute atomic E-state index is 0.223. The van der Waals surface area contributed by atoms with E-state index >= 15 is 0 Å². The first-order chi connectivity index (χ1) is 9.67. The van der Waals surface area contributed by atoms with Crippen LogP contribution in [0.25, 0.3) is 10.9 Å². The van der Waals surface area contributed by atoms with Gasteiger partial charge in [0, 0.05) is 24.2 Å². The van der Waals surface area contributed by atoms with Gasteiger partial charge >= 0.3 is 0 Å². The Kier molecular flexibility index (Phi) is 3.29. The van der Waals surface area contributed by atoms with Crippen molar-refractivity contribution in [2.24, 2.45) is 0 Å². The van der Waals surface area contributed by atoms with Crippen LogP contribution in [0.15, 0.2) is 30.3 Å². The van der Waals surface area contributed by atoms with Gasteiger partial charge in [-0.2, -0.15) is 5.26 Å². The standard InChI is InChI=1S/C16H17N3O/c1-11-9-19(10-12(2)20-11)16-5-3-4-15-14(16)7-6-13(8-17)18-15/h3-7,11-12H,9-10H2,1-2H3/t11-,12+. The van der Waals surface area contributed by atoms with Crippen LogP contribution in [-0.4, -0.2) is 30.3 Å². The first kappa shape index (κ1) is 12.9. The number of ether oxygens (including phenoxy) is 1. The Hall–Kier alpha value is -2.12. The van der Waals surface area contributed by atoms with Gasteiger partial charge in [0.2, 0.25) is 0 Å². The van der Waals surface area contributed by atoms with Crippen LogP contribution in [-0.2, 0) is 4.74 Å². The van der Waals surface area contributed by atoms with E-state index in [2.05, 4.69) is 35.9 Å². The molecule has 102 valence electrons. The molecule has 1 aliphatic heterocycles. The molecular weight excluding hydrogens is 250 g/mol. The van der Waals surface area contributed by atoms with E-state index in [1.807, 2.05) is 18.2 Å². The second kappa shape index (κ2) is 5.10. The van der Waals surface area contributed by atoms with Crippen molar-refractivity contribution in [2.75, 3.05) is 18.0 Å². The second-order valence-electron chi connectivity index (χ2n) is 5.31. The lowest BCUT2D eigenvalue weighted by Crippen LogP contribution is -2.45. The van der Waals surface area contributed by atoms with Crippen molar-refractivity contribution in [2.45, 2.75) is 26.1 Å². The van der Waals surface area contributed by atoms with Gasteiger partial charge in [-0.25, -0.2) is 4.98 Å². The SMILES string of the molecule is C[C@@H]1CN(c2cccc3nc(C#N)ccc23)C[C@H](C)O1. The highest BCUT2D eigenvalue weighted by Crippen LogP contribution is 2.28. The van der Waals surface area contributed by atoms with E-state index in [9.17, 15) is 0 Å². The molecule has 0 spiro atoms. The smallest absolute Gasteiger partial charge is 0.141 e. The number of anilines is 1. The Morgan fingerprint density at radius 2 is 1.95 bits per heavy atom. The van der Waals surface area contributed by atoms with E-state index in [1.165, 1.54) is 5.69 Å². The summed E-state index contributed by atoms with van der Waals surface area (Å²) in [5.74, 6) is 0. The lowest BCUT2D eigenvalue weighted by Gasteiger charge is -2.37. The van der Waals surface area contributed by atoms with Crippen LogP contribution >= 0.6 is 0 Å². The van der Waals surface area contributed by atoms with E-state index in [0.29, 0.717) is 5.69 Å².